The molecule has 0 heterocycles. The van der Waals surface area contributed by atoms with Crippen molar-refractivity contribution in [1.29, 1.82) is 0 Å². The van der Waals surface area contributed by atoms with Crippen LogP contribution in [0, 0.1) is 5.92 Å². The molecule has 0 amide bonds. The van der Waals surface area contributed by atoms with Gasteiger partial charge in [0.1, 0.15) is 12.2 Å². The van der Waals surface area contributed by atoms with Crippen molar-refractivity contribution in [3.05, 3.63) is 0 Å². The Balaban J connectivity index is 2.63. The van der Waals surface area contributed by atoms with E-state index in [2.05, 4.69) is 0 Å². The fourth-order valence-corrected chi connectivity index (χ4v) is 1.48. The smallest absolute Gasteiger partial charge is 0.109 e. The van der Waals surface area contributed by atoms with Crippen LogP contribution in [0.25, 0.3) is 0 Å². The van der Waals surface area contributed by atoms with Gasteiger partial charge in [0.15, 0.2) is 0 Å². The Morgan fingerprint density at radius 1 is 0.917 bits per heavy atom. The Morgan fingerprint density at radius 3 is 2.00 bits per heavy atom. The van der Waals surface area contributed by atoms with Gasteiger partial charge in [-0.25, -0.2) is 0 Å². The molecule has 72 valence electrons. The molecule has 0 spiro atoms. The minimum atomic E-state index is -1.37. The maximum atomic E-state index is 9.24. The molecule has 1 aliphatic rings. The number of hydrogen-bond donors (Lipinski definition) is 5. The van der Waals surface area contributed by atoms with Crippen LogP contribution < -0.4 is 0 Å². The largest absolute Gasteiger partial charge is 0.396 e. The van der Waals surface area contributed by atoms with E-state index in [0.717, 1.165) is 0 Å². The third-order valence-electron chi connectivity index (χ3n) is 2.36. The first-order valence-electron chi connectivity index (χ1n) is 3.91. The lowest BCUT2D eigenvalue weighted by atomic mass is 9.81. The molecule has 1 fully saturated rings. The van der Waals surface area contributed by atoms with E-state index in [1.54, 1.807) is 0 Å². The van der Waals surface area contributed by atoms with E-state index in [1.165, 1.54) is 0 Å². The minimum absolute atomic E-state index is 0.107. The summed E-state index contributed by atoms with van der Waals surface area (Å²) in [6.45, 7) is -0.304. The molecule has 5 atom stereocenters. The van der Waals surface area contributed by atoms with Gasteiger partial charge in [0.05, 0.1) is 12.2 Å². The maximum absolute atomic E-state index is 9.24. The third kappa shape index (κ3) is 1.60. The van der Waals surface area contributed by atoms with Crippen LogP contribution in [-0.4, -0.2) is 56.6 Å². The number of rotatable bonds is 1. The van der Waals surface area contributed by atoms with Crippen LogP contribution in [-0.2, 0) is 0 Å². The summed E-state index contributed by atoms with van der Waals surface area (Å²) in [6, 6.07) is 0. The topological polar surface area (TPSA) is 101 Å². The zero-order chi connectivity index (χ0) is 9.30. The molecule has 0 saturated heterocycles. The quantitative estimate of drug-likeness (QED) is 0.304. The summed E-state index contributed by atoms with van der Waals surface area (Å²) in [5, 5.41) is 45.3. The summed E-state index contributed by atoms with van der Waals surface area (Å²) in [7, 11) is 0. The molecule has 0 aliphatic heterocycles. The van der Waals surface area contributed by atoms with Gasteiger partial charge in [-0.1, -0.05) is 0 Å². The van der Waals surface area contributed by atoms with Gasteiger partial charge in [-0.2, -0.15) is 0 Å². The summed E-state index contributed by atoms with van der Waals surface area (Å²) in [5.41, 5.74) is 0. The van der Waals surface area contributed by atoms with Gasteiger partial charge in [0.2, 0.25) is 0 Å². The molecule has 0 bridgehead atoms. The zero-order valence-electron chi connectivity index (χ0n) is 6.54. The van der Waals surface area contributed by atoms with Crippen LogP contribution in [0.4, 0.5) is 0 Å². The van der Waals surface area contributed by atoms with Gasteiger partial charge in [-0.15, -0.1) is 0 Å². The Bertz CT molecular complexity index is 146. The van der Waals surface area contributed by atoms with E-state index in [-0.39, 0.29) is 13.0 Å². The van der Waals surface area contributed by atoms with Crippen molar-refractivity contribution in [2.75, 3.05) is 6.61 Å². The van der Waals surface area contributed by atoms with E-state index in [4.69, 9.17) is 20.4 Å². The molecule has 0 radical (unpaired) electrons. The Kier molecular flexibility index (Phi) is 3.03. The van der Waals surface area contributed by atoms with E-state index >= 15 is 0 Å². The van der Waals surface area contributed by atoms with Gasteiger partial charge in [-0.05, 0) is 6.42 Å². The van der Waals surface area contributed by atoms with Crippen LogP contribution in [0.5, 0.6) is 0 Å². The van der Waals surface area contributed by atoms with Gasteiger partial charge in [0.25, 0.3) is 0 Å². The lowest BCUT2D eigenvalue weighted by Crippen LogP contribution is -2.54. The second-order valence-corrected chi connectivity index (χ2v) is 3.22. The molecule has 12 heavy (non-hydrogen) atoms. The highest BCUT2D eigenvalue weighted by Crippen LogP contribution is 2.25. The van der Waals surface area contributed by atoms with Gasteiger partial charge < -0.3 is 25.5 Å². The molecule has 5 N–H and O–H groups in total. The van der Waals surface area contributed by atoms with Gasteiger partial charge in [-0.3, -0.25) is 0 Å². The number of aliphatic hydroxyl groups is 5. The molecule has 5 heteroatoms. The average molecular weight is 178 g/mol. The fraction of sp³-hybridized carbons (Fsp3) is 1.00. The molecule has 1 saturated carbocycles. The van der Waals surface area contributed by atoms with Crippen LogP contribution in [0.15, 0.2) is 0 Å². The molecule has 1 aliphatic carbocycles. The van der Waals surface area contributed by atoms with E-state index in [1.807, 2.05) is 0 Å². The van der Waals surface area contributed by atoms with E-state index in [9.17, 15) is 5.11 Å². The third-order valence-corrected chi connectivity index (χ3v) is 2.36. The molecule has 0 aromatic rings. The minimum Gasteiger partial charge on any atom is -0.396 e. The molecule has 0 aromatic heterocycles. The monoisotopic (exact) mass is 178 g/mol. The van der Waals surface area contributed by atoms with Crippen molar-refractivity contribution in [2.24, 2.45) is 5.92 Å². The van der Waals surface area contributed by atoms with Crippen molar-refractivity contribution in [3.63, 3.8) is 0 Å². The highest BCUT2D eigenvalue weighted by atomic mass is 16.4. The summed E-state index contributed by atoms with van der Waals surface area (Å²) in [6.07, 6.45) is -4.81. The Morgan fingerprint density at radius 2 is 1.50 bits per heavy atom. The van der Waals surface area contributed by atoms with Gasteiger partial charge in [0, 0.05) is 12.5 Å². The van der Waals surface area contributed by atoms with Crippen molar-refractivity contribution in [1.82, 2.24) is 0 Å². The molecule has 1 rings (SSSR count). The maximum Gasteiger partial charge on any atom is 0.109 e. The molecule has 0 unspecified atom stereocenters. The number of aliphatic hydroxyl groups excluding tert-OH is 5. The molecular weight excluding hydrogens is 164 g/mol. The Hall–Kier alpha value is -0.200. The van der Waals surface area contributed by atoms with Crippen molar-refractivity contribution in [2.45, 2.75) is 30.8 Å². The molecular formula is C7H14O5. The fourth-order valence-electron chi connectivity index (χ4n) is 1.48. The van der Waals surface area contributed by atoms with Crippen LogP contribution >= 0.6 is 0 Å². The SMILES string of the molecule is OC[C@H]1C[C@H](O)[C@H](O)[C@H](O)[C@@H]1O. The molecule has 5 nitrogen and oxygen atoms in total. The molecule has 0 aromatic carbocycles. The van der Waals surface area contributed by atoms with Gasteiger partial charge >= 0.3 is 0 Å². The highest BCUT2D eigenvalue weighted by Gasteiger charge is 2.41. The first-order valence-corrected chi connectivity index (χ1v) is 3.91. The normalized spacial score (nSPS) is 49.2. The van der Waals surface area contributed by atoms with Crippen LogP contribution in [0.1, 0.15) is 6.42 Å². The lowest BCUT2D eigenvalue weighted by molar-refractivity contribution is -0.163. The van der Waals surface area contributed by atoms with Crippen LogP contribution in [0.3, 0.4) is 0 Å². The van der Waals surface area contributed by atoms with E-state index < -0.39 is 30.3 Å². The Labute approximate surface area is 69.9 Å². The highest BCUT2D eigenvalue weighted by molar-refractivity contribution is 4.91. The summed E-state index contributed by atoms with van der Waals surface area (Å²) in [5.74, 6) is -0.557. The van der Waals surface area contributed by atoms with Crippen LogP contribution in [0.2, 0.25) is 0 Å². The summed E-state index contributed by atoms with van der Waals surface area (Å²) >= 11 is 0. The predicted octanol–water partition coefficient (Wildman–Crippen LogP) is -2.56. The second kappa shape index (κ2) is 3.68. The lowest BCUT2D eigenvalue weighted by Gasteiger charge is -2.37. The van der Waals surface area contributed by atoms with Crippen molar-refractivity contribution < 1.29 is 25.5 Å². The second-order valence-electron chi connectivity index (χ2n) is 3.22. The zero-order valence-corrected chi connectivity index (χ0v) is 6.54. The van der Waals surface area contributed by atoms with E-state index in [0.29, 0.717) is 0 Å². The first-order chi connectivity index (χ1) is 5.57. The standard InChI is InChI=1S/C7H14O5/c8-2-3-1-4(9)6(11)7(12)5(3)10/h3-12H,1-2H2/t3-,4+,5-,6+,7-/m1/s1. The summed E-state index contributed by atoms with van der Waals surface area (Å²) in [4.78, 5) is 0. The van der Waals surface area contributed by atoms with Crippen molar-refractivity contribution in [3.8, 4) is 0 Å². The summed E-state index contributed by atoms with van der Waals surface area (Å²) < 4.78 is 0. The first kappa shape index (κ1) is 9.88. The van der Waals surface area contributed by atoms with Crippen molar-refractivity contribution >= 4 is 0 Å². The average Bonchev–Trinajstić information content (AvgIpc) is 2.08. The predicted molar refractivity (Wildman–Crippen MR) is 39.2 cm³/mol. The number of hydrogen-bond acceptors (Lipinski definition) is 5.